The summed E-state index contributed by atoms with van der Waals surface area (Å²) in [5, 5.41) is 7.90. The van der Waals surface area contributed by atoms with Crippen LogP contribution in [0.15, 0.2) is 65.6 Å². The zero-order chi connectivity index (χ0) is 21.4. The number of hydrogen-bond donors (Lipinski definition) is 2. The van der Waals surface area contributed by atoms with Crippen molar-refractivity contribution in [2.45, 2.75) is 43.0 Å². The Morgan fingerprint density at radius 3 is 2.32 bits per heavy atom. The summed E-state index contributed by atoms with van der Waals surface area (Å²) in [5.74, 6) is -0.374. The number of nitrogens with zero attached hydrogens (tertiary/aromatic N) is 1. The summed E-state index contributed by atoms with van der Waals surface area (Å²) in [6.45, 7) is -0.266. The number of nitrogens with one attached hydrogen (secondary N) is 2. The molecule has 1 heterocycles. The molecule has 0 spiro atoms. The standard InChI is InChI=1S/C24H25N3O3S/c28-23(26-20-14-12-19(13-15-20)25-18-8-2-1-3-9-18)16-27-21-10-4-6-17-7-5-11-22(24(17)21)31(27,29)30/h4-7,10-15,18,25H,1-3,8-9,16H2,(H,26,28). The number of sulfonamides is 1. The van der Waals surface area contributed by atoms with E-state index in [1.165, 1.54) is 36.4 Å². The topological polar surface area (TPSA) is 78.5 Å². The fourth-order valence-electron chi connectivity index (χ4n) is 4.59. The molecule has 5 rings (SSSR count). The SMILES string of the molecule is O=C(CN1c2cccc3cccc(c23)S1(=O)=O)Nc1ccc(NC2CCCCC2)cc1. The molecule has 0 radical (unpaired) electrons. The van der Waals surface area contributed by atoms with E-state index >= 15 is 0 Å². The Balaban J connectivity index is 1.28. The largest absolute Gasteiger partial charge is 0.382 e. The zero-order valence-corrected chi connectivity index (χ0v) is 18.0. The fourth-order valence-corrected chi connectivity index (χ4v) is 6.26. The molecule has 0 unspecified atom stereocenters. The van der Waals surface area contributed by atoms with Gasteiger partial charge in [-0.25, -0.2) is 8.42 Å². The van der Waals surface area contributed by atoms with Crippen molar-refractivity contribution >= 4 is 43.8 Å². The average molecular weight is 436 g/mol. The number of benzene rings is 3. The minimum absolute atomic E-state index is 0.256. The van der Waals surface area contributed by atoms with Gasteiger partial charge in [-0.3, -0.25) is 9.10 Å². The maximum atomic E-state index is 13.0. The van der Waals surface area contributed by atoms with E-state index in [0.29, 0.717) is 22.8 Å². The lowest BCUT2D eigenvalue weighted by molar-refractivity contribution is -0.114. The molecule has 0 saturated heterocycles. The molecule has 3 aromatic carbocycles. The molecule has 160 valence electrons. The van der Waals surface area contributed by atoms with Gasteiger partial charge in [-0.2, -0.15) is 0 Å². The number of hydrogen-bond acceptors (Lipinski definition) is 4. The second kappa shape index (κ2) is 7.89. The lowest BCUT2D eigenvalue weighted by atomic mass is 9.95. The molecule has 0 bridgehead atoms. The summed E-state index contributed by atoms with van der Waals surface area (Å²) in [7, 11) is -3.75. The van der Waals surface area contributed by atoms with Gasteiger partial charge in [-0.15, -0.1) is 0 Å². The monoisotopic (exact) mass is 435 g/mol. The van der Waals surface area contributed by atoms with Crippen LogP contribution in [-0.4, -0.2) is 26.9 Å². The van der Waals surface area contributed by atoms with Crippen LogP contribution in [0, 0.1) is 0 Å². The third-order valence-electron chi connectivity index (χ3n) is 6.11. The average Bonchev–Trinajstić information content (AvgIpc) is 2.99. The summed E-state index contributed by atoms with van der Waals surface area (Å²) in [6.07, 6.45) is 6.23. The van der Waals surface area contributed by atoms with Gasteiger partial charge in [0.15, 0.2) is 0 Å². The molecule has 2 aliphatic rings. The number of rotatable bonds is 5. The normalized spacial score (nSPS) is 17.6. The van der Waals surface area contributed by atoms with Crippen molar-refractivity contribution in [1.29, 1.82) is 0 Å². The van der Waals surface area contributed by atoms with Crippen LogP contribution < -0.4 is 14.9 Å². The molecule has 6 nitrogen and oxygen atoms in total. The van der Waals surface area contributed by atoms with Crippen LogP contribution in [0.5, 0.6) is 0 Å². The van der Waals surface area contributed by atoms with Gasteiger partial charge in [0.25, 0.3) is 10.0 Å². The molecule has 2 N–H and O–H groups in total. The van der Waals surface area contributed by atoms with Gasteiger partial charge in [0.2, 0.25) is 5.91 Å². The van der Waals surface area contributed by atoms with E-state index in [2.05, 4.69) is 10.6 Å². The first-order valence-electron chi connectivity index (χ1n) is 10.7. The Morgan fingerprint density at radius 1 is 0.903 bits per heavy atom. The number of amides is 1. The summed E-state index contributed by atoms with van der Waals surface area (Å²) in [5.41, 5.74) is 2.23. The van der Waals surface area contributed by atoms with Crippen LogP contribution in [0.2, 0.25) is 0 Å². The second-order valence-corrected chi connectivity index (χ2v) is 10.1. The first kappa shape index (κ1) is 19.9. The quantitative estimate of drug-likeness (QED) is 0.607. The summed E-state index contributed by atoms with van der Waals surface area (Å²) >= 11 is 0. The molecule has 1 amide bonds. The van der Waals surface area contributed by atoms with Crippen molar-refractivity contribution < 1.29 is 13.2 Å². The molecule has 1 aliphatic carbocycles. The Labute approximate surface area is 182 Å². The van der Waals surface area contributed by atoms with Crippen molar-refractivity contribution in [3.05, 3.63) is 60.7 Å². The Morgan fingerprint density at radius 2 is 1.58 bits per heavy atom. The predicted octanol–water partition coefficient (Wildman–Crippen LogP) is 4.73. The van der Waals surface area contributed by atoms with Crippen molar-refractivity contribution in [3.8, 4) is 0 Å². The lowest BCUT2D eigenvalue weighted by Gasteiger charge is -2.24. The van der Waals surface area contributed by atoms with Gasteiger partial charge in [0, 0.05) is 22.8 Å². The van der Waals surface area contributed by atoms with Crippen molar-refractivity contribution in [1.82, 2.24) is 0 Å². The third kappa shape index (κ3) is 3.74. The molecule has 1 fully saturated rings. The highest BCUT2D eigenvalue weighted by molar-refractivity contribution is 7.93. The Hall–Kier alpha value is -3.06. The van der Waals surface area contributed by atoms with Crippen LogP contribution in [0.4, 0.5) is 17.1 Å². The summed E-state index contributed by atoms with van der Waals surface area (Å²) in [6, 6.07) is 18.7. The van der Waals surface area contributed by atoms with Gasteiger partial charge in [-0.05, 0) is 54.6 Å². The fraction of sp³-hybridized carbons (Fsp3) is 0.292. The van der Waals surface area contributed by atoms with E-state index in [1.54, 1.807) is 18.2 Å². The molecule has 1 saturated carbocycles. The van der Waals surface area contributed by atoms with E-state index in [0.717, 1.165) is 11.1 Å². The number of carbonyl (C=O) groups is 1. The van der Waals surface area contributed by atoms with Crippen LogP contribution >= 0.6 is 0 Å². The Bertz CT molecular complexity index is 1230. The number of carbonyl (C=O) groups excluding carboxylic acids is 1. The highest BCUT2D eigenvalue weighted by Crippen LogP contribution is 2.41. The van der Waals surface area contributed by atoms with E-state index in [-0.39, 0.29) is 17.3 Å². The maximum absolute atomic E-state index is 13.0. The van der Waals surface area contributed by atoms with E-state index in [4.69, 9.17) is 0 Å². The van der Waals surface area contributed by atoms with Gasteiger partial charge >= 0.3 is 0 Å². The Kier molecular flexibility index (Phi) is 5.06. The van der Waals surface area contributed by atoms with Crippen LogP contribution in [0.1, 0.15) is 32.1 Å². The molecule has 0 aromatic heterocycles. The van der Waals surface area contributed by atoms with E-state index in [9.17, 15) is 13.2 Å². The first-order valence-corrected chi connectivity index (χ1v) is 12.2. The zero-order valence-electron chi connectivity index (χ0n) is 17.2. The van der Waals surface area contributed by atoms with E-state index < -0.39 is 10.0 Å². The van der Waals surface area contributed by atoms with Crippen molar-refractivity contribution in [2.24, 2.45) is 0 Å². The molecule has 3 aromatic rings. The second-order valence-electron chi connectivity index (χ2n) is 8.25. The van der Waals surface area contributed by atoms with Crippen LogP contribution in [-0.2, 0) is 14.8 Å². The van der Waals surface area contributed by atoms with Gasteiger partial charge < -0.3 is 10.6 Å². The highest BCUT2D eigenvalue weighted by atomic mass is 32.2. The first-order chi connectivity index (χ1) is 15.0. The van der Waals surface area contributed by atoms with Gasteiger partial charge in [-0.1, -0.05) is 43.5 Å². The highest BCUT2D eigenvalue weighted by Gasteiger charge is 2.36. The predicted molar refractivity (Wildman–Crippen MR) is 124 cm³/mol. The van der Waals surface area contributed by atoms with Crippen molar-refractivity contribution in [2.75, 3.05) is 21.5 Å². The molecular formula is C24H25N3O3S. The minimum atomic E-state index is -3.75. The smallest absolute Gasteiger partial charge is 0.265 e. The summed E-state index contributed by atoms with van der Waals surface area (Å²) in [4.78, 5) is 13.0. The van der Waals surface area contributed by atoms with E-state index in [1.807, 2.05) is 42.5 Å². The molecule has 0 atom stereocenters. The molecule has 7 heteroatoms. The molecule has 1 aliphatic heterocycles. The molecule has 31 heavy (non-hydrogen) atoms. The molecular weight excluding hydrogens is 410 g/mol. The maximum Gasteiger partial charge on any atom is 0.265 e. The third-order valence-corrected chi connectivity index (χ3v) is 7.92. The minimum Gasteiger partial charge on any atom is -0.382 e. The van der Waals surface area contributed by atoms with Crippen molar-refractivity contribution in [3.63, 3.8) is 0 Å². The summed E-state index contributed by atoms with van der Waals surface area (Å²) < 4.78 is 27.2. The van der Waals surface area contributed by atoms with Gasteiger partial charge in [0.1, 0.15) is 6.54 Å². The lowest BCUT2D eigenvalue weighted by Crippen LogP contribution is -2.35. The van der Waals surface area contributed by atoms with Crippen LogP contribution in [0.25, 0.3) is 10.8 Å². The van der Waals surface area contributed by atoms with Crippen LogP contribution in [0.3, 0.4) is 0 Å². The van der Waals surface area contributed by atoms with Gasteiger partial charge in [0.05, 0.1) is 10.6 Å². The number of anilines is 3.